The van der Waals surface area contributed by atoms with E-state index in [9.17, 15) is 29.1 Å². The summed E-state index contributed by atoms with van der Waals surface area (Å²) in [7, 11) is 0. The van der Waals surface area contributed by atoms with E-state index in [4.69, 9.17) is 26.8 Å². The first-order chi connectivity index (χ1) is 23.5. The van der Waals surface area contributed by atoms with Gasteiger partial charge in [-0.15, -0.1) is 23.7 Å². The number of carbonyl (C=O) groups excluding carboxylic acids is 5. The molecule has 5 amide bonds. The van der Waals surface area contributed by atoms with Crippen LogP contribution in [0.3, 0.4) is 0 Å². The molecule has 13 nitrogen and oxygen atoms in total. The number of hydrogen-bond donors (Lipinski definition) is 3. The minimum atomic E-state index is -0.950. The second-order valence-electron chi connectivity index (χ2n) is 11.5. The quantitative estimate of drug-likeness (QED) is 0.207. The van der Waals surface area contributed by atoms with E-state index in [1.807, 2.05) is 0 Å². The zero-order chi connectivity index (χ0) is 35.1. The molecule has 2 aliphatic rings. The number of cyclic esters (lactones) is 1. The first-order valence-electron chi connectivity index (χ1n) is 15.6. The second-order valence-corrected chi connectivity index (χ2v) is 13.2. The fourth-order valence-electron chi connectivity index (χ4n) is 5.50. The molecular formula is C33H36Cl2FN5O8S. The minimum absolute atomic E-state index is 0. The van der Waals surface area contributed by atoms with Crippen LogP contribution in [0.25, 0.3) is 0 Å². The SMILES string of the molecule is Cl.NC(=O)[C@H](Cc1ccc(O)cc1)NCCCCC(=O)N(C[C@H]1CN(c2ccc(N3CCOCC3=O)cc2F)C(=O)O1)C(=O)c1ccc(Cl)s1. The van der Waals surface area contributed by atoms with Gasteiger partial charge in [-0.25, -0.2) is 9.18 Å². The van der Waals surface area contributed by atoms with E-state index in [0.29, 0.717) is 42.4 Å². The Morgan fingerprint density at radius 3 is 2.52 bits per heavy atom. The van der Waals surface area contributed by atoms with Crippen molar-refractivity contribution in [3.8, 4) is 5.75 Å². The van der Waals surface area contributed by atoms with E-state index in [-0.39, 0.29) is 67.3 Å². The Kier molecular flexibility index (Phi) is 13.5. The number of amides is 5. The number of carbonyl (C=O) groups is 5. The molecule has 0 radical (unpaired) electrons. The van der Waals surface area contributed by atoms with Crippen LogP contribution in [0.15, 0.2) is 54.6 Å². The van der Waals surface area contributed by atoms with Crippen LogP contribution in [0.5, 0.6) is 5.75 Å². The van der Waals surface area contributed by atoms with Crippen LogP contribution in [0.1, 0.15) is 34.5 Å². The van der Waals surface area contributed by atoms with E-state index in [1.54, 1.807) is 12.1 Å². The summed E-state index contributed by atoms with van der Waals surface area (Å²) in [6, 6.07) is 12.9. The first kappa shape index (κ1) is 38.5. The molecule has 0 aliphatic carbocycles. The van der Waals surface area contributed by atoms with Gasteiger partial charge in [0.05, 0.1) is 40.6 Å². The van der Waals surface area contributed by atoms with Crippen LogP contribution in [0.4, 0.5) is 20.6 Å². The molecule has 0 unspecified atom stereocenters. The molecule has 50 heavy (non-hydrogen) atoms. The van der Waals surface area contributed by atoms with Crippen molar-refractivity contribution in [2.75, 3.05) is 49.2 Å². The number of halogens is 3. The summed E-state index contributed by atoms with van der Waals surface area (Å²) in [5, 5.41) is 12.6. The Balaban J connectivity index is 0.00000562. The lowest BCUT2D eigenvalue weighted by Gasteiger charge is -2.27. The van der Waals surface area contributed by atoms with Crippen molar-refractivity contribution in [2.45, 2.75) is 37.8 Å². The number of phenols is 1. The summed E-state index contributed by atoms with van der Waals surface area (Å²) in [6.45, 7) is 0.440. The van der Waals surface area contributed by atoms with Crippen molar-refractivity contribution in [1.82, 2.24) is 10.2 Å². The third-order valence-electron chi connectivity index (χ3n) is 8.04. The maximum Gasteiger partial charge on any atom is 0.414 e. The zero-order valence-corrected chi connectivity index (χ0v) is 29.1. The largest absolute Gasteiger partial charge is 0.508 e. The number of anilines is 2. The normalized spacial score (nSPS) is 16.5. The van der Waals surface area contributed by atoms with E-state index in [1.165, 1.54) is 41.3 Å². The van der Waals surface area contributed by atoms with Crippen molar-refractivity contribution < 1.29 is 42.9 Å². The van der Waals surface area contributed by atoms with Crippen molar-refractivity contribution in [3.05, 3.63) is 75.2 Å². The smallest absolute Gasteiger partial charge is 0.414 e. The van der Waals surface area contributed by atoms with Crippen molar-refractivity contribution in [2.24, 2.45) is 5.73 Å². The lowest BCUT2D eigenvalue weighted by Crippen LogP contribution is -2.43. The van der Waals surface area contributed by atoms with Crippen LogP contribution >= 0.6 is 35.3 Å². The average molecular weight is 753 g/mol. The number of benzene rings is 2. The number of nitrogens with one attached hydrogen (secondary N) is 1. The summed E-state index contributed by atoms with van der Waals surface area (Å²) in [5.74, 6) is -2.61. The molecular weight excluding hydrogens is 716 g/mol. The van der Waals surface area contributed by atoms with Gasteiger partial charge in [0, 0.05) is 18.7 Å². The van der Waals surface area contributed by atoms with Gasteiger partial charge in [0.15, 0.2) is 0 Å². The van der Waals surface area contributed by atoms with Gasteiger partial charge in [0.1, 0.15) is 24.3 Å². The number of aromatic hydroxyl groups is 1. The standard InChI is InChI=1S/C33H35ClFN5O8S.ClH/c34-28-11-10-27(49-28)32(45)40(29(42)3-1-2-12-37-25(31(36)44)15-20-4-7-22(41)8-5-20)18-23-17-39(33(46)48-23)26-9-6-21(16-24(26)35)38-13-14-47-19-30(38)43;/h4-11,16,23,25,37,41H,1-3,12-15,17-19H2,(H2,36,44);1H/t23-,25+;/m1./s1. The van der Waals surface area contributed by atoms with E-state index in [0.717, 1.165) is 32.8 Å². The number of rotatable bonds is 14. The van der Waals surface area contributed by atoms with Gasteiger partial charge in [-0.1, -0.05) is 23.7 Å². The molecule has 0 saturated carbocycles. The van der Waals surface area contributed by atoms with Gasteiger partial charge in [0.25, 0.3) is 11.8 Å². The summed E-state index contributed by atoms with van der Waals surface area (Å²) in [5.41, 5.74) is 6.62. The Labute approximate surface area is 302 Å². The molecule has 2 aromatic carbocycles. The summed E-state index contributed by atoms with van der Waals surface area (Å²) in [6.07, 6.45) is -0.652. The average Bonchev–Trinajstić information content (AvgIpc) is 3.68. The number of hydrogen-bond acceptors (Lipinski definition) is 10. The van der Waals surface area contributed by atoms with Gasteiger partial charge >= 0.3 is 6.09 Å². The summed E-state index contributed by atoms with van der Waals surface area (Å²) >= 11 is 7.05. The van der Waals surface area contributed by atoms with Crippen LogP contribution in [0, 0.1) is 5.82 Å². The topological polar surface area (TPSA) is 172 Å². The maximum absolute atomic E-state index is 15.3. The number of imide groups is 1. The molecule has 5 rings (SSSR count). The minimum Gasteiger partial charge on any atom is -0.508 e. The summed E-state index contributed by atoms with van der Waals surface area (Å²) < 4.78 is 26.2. The monoisotopic (exact) mass is 751 g/mol. The number of nitrogens with two attached hydrogens (primary N) is 1. The van der Waals surface area contributed by atoms with Gasteiger partial charge in [-0.2, -0.15) is 0 Å². The van der Waals surface area contributed by atoms with Crippen LogP contribution in [-0.4, -0.2) is 91.3 Å². The predicted octanol–water partition coefficient (Wildman–Crippen LogP) is 3.88. The molecule has 1 aromatic heterocycles. The zero-order valence-electron chi connectivity index (χ0n) is 26.7. The highest BCUT2D eigenvalue weighted by Crippen LogP contribution is 2.30. The molecule has 268 valence electrons. The van der Waals surface area contributed by atoms with Crippen molar-refractivity contribution in [3.63, 3.8) is 0 Å². The Morgan fingerprint density at radius 2 is 1.86 bits per heavy atom. The van der Waals surface area contributed by atoms with Gasteiger partial charge in [-0.3, -0.25) is 29.0 Å². The van der Waals surface area contributed by atoms with Gasteiger partial charge in [-0.05, 0) is 73.8 Å². The first-order valence-corrected chi connectivity index (χ1v) is 16.8. The fraction of sp³-hybridized carbons (Fsp3) is 0.364. The van der Waals surface area contributed by atoms with Crippen LogP contribution < -0.4 is 20.9 Å². The molecule has 0 bridgehead atoms. The number of ether oxygens (including phenoxy) is 2. The highest BCUT2D eigenvalue weighted by atomic mass is 35.5. The number of thiophene rings is 1. The third kappa shape index (κ3) is 9.69. The Hall–Kier alpha value is -4.28. The third-order valence-corrected chi connectivity index (χ3v) is 9.26. The lowest BCUT2D eigenvalue weighted by molar-refractivity contribution is -0.129. The van der Waals surface area contributed by atoms with Crippen LogP contribution in [-0.2, 0) is 30.3 Å². The molecule has 2 fully saturated rings. The second kappa shape index (κ2) is 17.6. The summed E-state index contributed by atoms with van der Waals surface area (Å²) in [4.78, 5) is 67.6. The van der Waals surface area contributed by atoms with E-state index >= 15 is 4.39 Å². The van der Waals surface area contributed by atoms with E-state index in [2.05, 4.69) is 5.32 Å². The fourth-order valence-corrected chi connectivity index (χ4v) is 6.50. The molecule has 2 aliphatic heterocycles. The van der Waals surface area contributed by atoms with Gasteiger partial charge in [0.2, 0.25) is 11.8 Å². The molecule has 2 atom stereocenters. The Morgan fingerprint density at radius 1 is 1.10 bits per heavy atom. The van der Waals surface area contributed by atoms with Gasteiger partial charge < -0.3 is 30.5 Å². The molecule has 17 heteroatoms. The highest BCUT2D eigenvalue weighted by molar-refractivity contribution is 7.18. The Bertz CT molecular complexity index is 1710. The number of phenolic OH excluding ortho intramolecular Hbond substituents is 1. The molecule has 2 saturated heterocycles. The maximum atomic E-state index is 15.3. The van der Waals surface area contributed by atoms with Crippen LogP contribution in [0.2, 0.25) is 4.34 Å². The predicted molar refractivity (Wildman–Crippen MR) is 186 cm³/mol. The number of unbranched alkanes of at least 4 members (excludes halogenated alkanes) is 1. The molecule has 4 N–H and O–H groups in total. The van der Waals surface area contributed by atoms with E-state index < -0.39 is 41.8 Å². The van der Waals surface area contributed by atoms with Crippen molar-refractivity contribution >= 4 is 76.4 Å². The number of morpholine rings is 1. The van der Waals surface area contributed by atoms with Crippen molar-refractivity contribution in [1.29, 1.82) is 0 Å². The molecule has 3 aromatic rings. The molecule has 0 spiro atoms. The highest BCUT2D eigenvalue weighted by Gasteiger charge is 2.38. The lowest BCUT2D eigenvalue weighted by atomic mass is 10.0. The number of nitrogens with zero attached hydrogens (tertiary/aromatic N) is 3. The number of primary amides is 1. The molecule has 3 heterocycles.